The van der Waals surface area contributed by atoms with Gasteiger partial charge in [-0.1, -0.05) is 6.58 Å². The number of nitrogen functional groups attached to an aromatic ring is 1. The van der Waals surface area contributed by atoms with Gasteiger partial charge in [-0.05, 0) is 44.2 Å². The van der Waals surface area contributed by atoms with E-state index in [1.54, 1.807) is 6.08 Å². The normalized spacial score (nSPS) is 10.9. The van der Waals surface area contributed by atoms with Crippen LogP contribution in [0.1, 0.15) is 13.8 Å². The molecule has 1 aromatic carbocycles. The summed E-state index contributed by atoms with van der Waals surface area (Å²) in [6.45, 7) is 7.61. The lowest BCUT2D eigenvalue weighted by Gasteiger charge is -2.22. The van der Waals surface area contributed by atoms with E-state index in [-0.39, 0.29) is 5.60 Å². The first-order chi connectivity index (χ1) is 6.03. The van der Waals surface area contributed by atoms with Gasteiger partial charge in [0.1, 0.15) is 11.4 Å². The smallest absolute Gasteiger partial charge is 0.121 e. The molecule has 0 amide bonds. The summed E-state index contributed by atoms with van der Waals surface area (Å²) in [4.78, 5) is 0. The monoisotopic (exact) mass is 177 g/mol. The van der Waals surface area contributed by atoms with Crippen LogP contribution in [0.2, 0.25) is 0 Å². The molecule has 0 heterocycles. The molecule has 0 aliphatic rings. The van der Waals surface area contributed by atoms with Crippen LogP contribution in [0, 0.1) is 0 Å². The highest BCUT2D eigenvalue weighted by Crippen LogP contribution is 2.19. The van der Waals surface area contributed by atoms with E-state index in [1.807, 2.05) is 38.1 Å². The summed E-state index contributed by atoms with van der Waals surface area (Å²) in [5.41, 5.74) is 5.95. The predicted octanol–water partition coefficient (Wildman–Crippen LogP) is 2.61. The van der Waals surface area contributed by atoms with Crippen molar-refractivity contribution in [3.8, 4) is 5.75 Å². The maximum atomic E-state index is 5.63. The van der Waals surface area contributed by atoms with E-state index in [2.05, 4.69) is 6.58 Å². The summed E-state index contributed by atoms with van der Waals surface area (Å²) in [6.07, 6.45) is 1.77. The van der Waals surface area contributed by atoms with Gasteiger partial charge in [0.2, 0.25) is 0 Å². The van der Waals surface area contributed by atoms with Crippen molar-refractivity contribution in [2.24, 2.45) is 0 Å². The van der Waals surface area contributed by atoms with E-state index in [0.29, 0.717) is 0 Å². The van der Waals surface area contributed by atoms with Crippen molar-refractivity contribution >= 4 is 5.69 Å². The molecule has 0 atom stereocenters. The molecule has 0 aliphatic carbocycles. The zero-order chi connectivity index (χ0) is 9.90. The molecular formula is C11H15NO. The van der Waals surface area contributed by atoms with Crippen LogP contribution in [0.3, 0.4) is 0 Å². The van der Waals surface area contributed by atoms with E-state index in [9.17, 15) is 0 Å². The Morgan fingerprint density at radius 3 is 2.31 bits per heavy atom. The molecule has 0 spiro atoms. The van der Waals surface area contributed by atoms with Crippen LogP contribution < -0.4 is 10.5 Å². The van der Waals surface area contributed by atoms with Gasteiger partial charge in [-0.2, -0.15) is 0 Å². The topological polar surface area (TPSA) is 35.2 Å². The van der Waals surface area contributed by atoms with E-state index in [4.69, 9.17) is 10.5 Å². The Bertz CT molecular complexity index is 287. The van der Waals surface area contributed by atoms with Crippen molar-refractivity contribution in [3.63, 3.8) is 0 Å². The summed E-state index contributed by atoms with van der Waals surface area (Å²) < 4.78 is 5.63. The minimum Gasteiger partial charge on any atom is -0.484 e. The molecule has 0 unspecified atom stereocenters. The number of benzene rings is 1. The second-order valence-electron chi connectivity index (χ2n) is 3.48. The first-order valence-corrected chi connectivity index (χ1v) is 4.22. The highest BCUT2D eigenvalue weighted by molar-refractivity contribution is 5.41. The lowest BCUT2D eigenvalue weighted by molar-refractivity contribution is 0.162. The van der Waals surface area contributed by atoms with Crippen LogP contribution in [0.5, 0.6) is 5.75 Å². The summed E-state index contributed by atoms with van der Waals surface area (Å²) >= 11 is 0. The van der Waals surface area contributed by atoms with Crippen molar-refractivity contribution in [2.75, 3.05) is 5.73 Å². The van der Waals surface area contributed by atoms with E-state index < -0.39 is 0 Å². The minimum absolute atomic E-state index is 0.337. The average Bonchev–Trinajstić information content (AvgIpc) is 2.09. The largest absolute Gasteiger partial charge is 0.484 e. The molecule has 0 fully saturated rings. The second-order valence-corrected chi connectivity index (χ2v) is 3.48. The number of rotatable bonds is 3. The number of ether oxygens (including phenoxy) is 1. The summed E-state index contributed by atoms with van der Waals surface area (Å²) in [5.74, 6) is 0.805. The molecule has 0 radical (unpaired) electrons. The zero-order valence-electron chi connectivity index (χ0n) is 8.08. The maximum absolute atomic E-state index is 5.63. The first-order valence-electron chi connectivity index (χ1n) is 4.22. The van der Waals surface area contributed by atoms with Gasteiger partial charge in [0, 0.05) is 5.69 Å². The summed E-state index contributed by atoms with van der Waals surface area (Å²) in [5, 5.41) is 0. The van der Waals surface area contributed by atoms with Gasteiger partial charge in [-0.3, -0.25) is 0 Å². The Morgan fingerprint density at radius 1 is 1.31 bits per heavy atom. The third-order valence-corrected chi connectivity index (χ3v) is 1.75. The predicted molar refractivity (Wildman–Crippen MR) is 55.8 cm³/mol. The van der Waals surface area contributed by atoms with Crippen LogP contribution in [0.25, 0.3) is 0 Å². The van der Waals surface area contributed by atoms with E-state index in [0.717, 1.165) is 11.4 Å². The van der Waals surface area contributed by atoms with Crippen LogP contribution >= 0.6 is 0 Å². The van der Waals surface area contributed by atoms with Crippen molar-refractivity contribution in [1.29, 1.82) is 0 Å². The van der Waals surface area contributed by atoms with Crippen molar-refractivity contribution < 1.29 is 4.74 Å². The quantitative estimate of drug-likeness (QED) is 0.569. The Hall–Kier alpha value is -1.44. The molecule has 2 heteroatoms. The summed E-state index contributed by atoms with van der Waals surface area (Å²) in [6, 6.07) is 7.32. The van der Waals surface area contributed by atoms with Crippen LogP contribution in [0.4, 0.5) is 5.69 Å². The lowest BCUT2D eigenvalue weighted by atomic mass is 10.1. The van der Waals surface area contributed by atoms with E-state index in [1.165, 1.54) is 0 Å². The SMILES string of the molecule is C=CC(C)(C)Oc1ccc(N)cc1. The molecule has 1 aromatic rings. The highest BCUT2D eigenvalue weighted by Gasteiger charge is 2.13. The fraction of sp³-hybridized carbons (Fsp3) is 0.273. The molecule has 0 saturated carbocycles. The van der Waals surface area contributed by atoms with Gasteiger partial charge < -0.3 is 10.5 Å². The first kappa shape index (κ1) is 9.65. The molecule has 1 rings (SSSR count). The third kappa shape index (κ3) is 2.82. The summed E-state index contributed by atoms with van der Waals surface area (Å²) in [7, 11) is 0. The Morgan fingerprint density at radius 2 is 1.85 bits per heavy atom. The molecular weight excluding hydrogens is 162 g/mol. The van der Waals surface area contributed by atoms with Crippen molar-refractivity contribution in [3.05, 3.63) is 36.9 Å². The van der Waals surface area contributed by atoms with E-state index >= 15 is 0 Å². The number of nitrogens with two attached hydrogens (primary N) is 1. The number of hydrogen-bond acceptors (Lipinski definition) is 2. The van der Waals surface area contributed by atoms with Crippen molar-refractivity contribution in [2.45, 2.75) is 19.4 Å². The molecule has 0 aromatic heterocycles. The molecule has 0 aliphatic heterocycles. The average molecular weight is 177 g/mol. The Kier molecular flexibility index (Phi) is 2.61. The standard InChI is InChI=1S/C11H15NO/c1-4-11(2,3)13-10-7-5-9(12)6-8-10/h4-8H,1,12H2,2-3H3. The highest BCUT2D eigenvalue weighted by atomic mass is 16.5. The Labute approximate surface area is 79.0 Å². The fourth-order valence-corrected chi connectivity index (χ4v) is 0.881. The molecule has 2 nitrogen and oxygen atoms in total. The van der Waals surface area contributed by atoms with Gasteiger partial charge in [0.25, 0.3) is 0 Å². The van der Waals surface area contributed by atoms with Crippen molar-refractivity contribution in [1.82, 2.24) is 0 Å². The van der Waals surface area contributed by atoms with Crippen LogP contribution in [-0.2, 0) is 0 Å². The molecule has 70 valence electrons. The number of anilines is 1. The van der Waals surface area contributed by atoms with Gasteiger partial charge in [0.05, 0.1) is 0 Å². The van der Waals surface area contributed by atoms with Crippen LogP contribution in [0.15, 0.2) is 36.9 Å². The molecule has 13 heavy (non-hydrogen) atoms. The lowest BCUT2D eigenvalue weighted by Crippen LogP contribution is -2.24. The maximum Gasteiger partial charge on any atom is 0.121 e. The minimum atomic E-state index is -0.337. The van der Waals surface area contributed by atoms with Gasteiger partial charge in [-0.15, -0.1) is 0 Å². The third-order valence-electron chi connectivity index (χ3n) is 1.75. The second kappa shape index (κ2) is 3.52. The number of hydrogen-bond donors (Lipinski definition) is 1. The molecule has 0 saturated heterocycles. The van der Waals surface area contributed by atoms with Gasteiger partial charge >= 0.3 is 0 Å². The molecule has 2 N–H and O–H groups in total. The van der Waals surface area contributed by atoms with Gasteiger partial charge in [0.15, 0.2) is 0 Å². The molecule has 0 bridgehead atoms. The van der Waals surface area contributed by atoms with Crippen LogP contribution in [-0.4, -0.2) is 5.60 Å². The zero-order valence-corrected chi connectivity index (χ0v) is 8.08. The Balaban J connectivity index is 2.75. The van der Waals surface area contributed by atoms with Gasteiger partial charge in [-0.25, -0.2) is 0 Å². The fourth-order valence-electron chi connectivity index (χ4n) is 0.881.